The number of hydrogen-bond acceptors (Lipinski definition) is 1. The van der Waals surface area contributed by atoms with Gasteiger partial charge in [-0.1, -0.05) is 24.3 Å². The molecule has 18 heavy (non-hydrogen) atoms. The van der Waals surface area contributed by atoms with Crippen molar-refractivity contribution in [3.8, 4) is 0 Å². The zero-order valence-corrected chi connectivity index (χ0v) is 8.71. The van der Waals surface area contributed by atoms with E-state index in [0.29, 0.717) is 12.1 Å². The summed E-state index contributed by atoms with van der Waals surface area (Å²) in [4.78, 5) is 10.2. The van der Waals surface area contributed by atoms with Crippen LogP contribution in [0.4, 0.5) is 22.0 Å². The van der Waals surface area contributed by atoms with Crippen LogP contribution in [0.2, 0.25) is 0 Å². The van der Waals surface area contributed by atoms with Crippen molar-refractivity contribution in [1.29, 1.82) is 0 Å². The lowest BCUT2D eigenvalue weighted by Crippen LogP contribution is -2.33. The summed E-state index contributed by atoms with van der Waals surface area (Å²) in [6, 6.07) is 3.17. The molecule has 0 spiro atoms. The molecule has 0 amide bonds. The van der Waals surface area contributed by atoms with E-state index in [1.165, 1.54) is 0 Å². The summed E-state index contributed by atoms with van der Waals surface area (Å²) in [5.41, 5.74) is -0.985. The Morgan fingerprint density at radius 2 is 1.56 bits per heavy atom. The zero-order valence-electron chi connectivity index (χ0n) is 8.71. The number of hydrogen-bond donors (Lipinski definition) is 1. The maximum Gasteiger partial charge on any atom is 0.458 e. The van der Waals surface area contributed by atoms with Gasteiger partial charge >= 0.3 is 18.1 Å². The predicted octanol–water partition coefficient (Wildman–Crippen LogP) is 3.44. The van der Waals surface area contributed by atoms with E-state index in [1.807, 2.05) is 0 Å². The SMILES string of the molecule is O=C(O)/C=C/c1ccc(C(F)(F)C(F)(F)F)cc1. The molecule has 0 aliphatic carbocycles. The number of carboxylic acid groups (broad SMARTS) is 1. The lowest BCUT2D eigenvalue weighted by molar-refractivity contribution is -0.289. The first-order chi connectivity index (χ1) is 8.14. The van der Waals surface area contributed by atoms with E-state index in [0.717, 1.165) is 24.3 Å². The first-order valence-electron chi connectivity index (χ1n) is 4.60. The van der Waals surface area contributed by atoms with Gasteiger partial charge in [0.05, 0.1) is 0 Å². The van der Waals surface area contributed by atoms with Crippen LogP contribution in [-0.4, -0.2) is 17.3 Å². The van der Waals surface area contributed by atoms with E-state index in [1.54, 1.807) is 0 Å². The Labute approximate surface area is 98.3 Å². The molecular weight excluding hydrogens is 259 g/mol. The Morgan fingerprint density at radius 3 is 1.94 bits per heavy atom. The minimum atomic E-state index is -5.66. The molecule has 1 aromatic carbocycles. The van der Waals surface area contributed by atoms with Crippen LogP contribution >= 0.6 is 0 Å². The van der Waals surface area contributed by atoms with Crippen LogP contribution < -0.4 is 0 Å². The van der Waals surface area contributed by atoms with Crippen molar-refractivity contribution >= 4 is 12.0 Å². The van der Waals surface area contributed by atoms with Crippen LogP contribution in [0.5, 0.6) is 0 Å². The lowest BCUT2D eigenvalue weighted by Gasteiger charge is -2.19. The van der Waals surface area contributed by atoms with Crippen LogP contribution in [-0.2, 0) is 10.7 Å². The normalized spacial score (nSPS) is 12.9. The Morgan fingerprint density at radius 1 is 1.06 bits per heavy atom. The predicted molar refractivity (Wildman–Crippen MR) is 53.1 cm³/mol. The van der Waals surface area contributed by atoms with E-state index in [9.17, 15) is 26.7 Å². The molecule has 0 saturated carbocycles. The summed E-state index contributed by atoms with van der Waals surface area (Å²) in [5.74, 6) is -6.18. The van der Waals surface area contributed by atoms with Crippen molar-refractivity contribution in [2.24, 2.45) is 0 Å². The molecule has 0 fully saturated rings. The van der Waals surface area contributed by atoms with Gasteiger partial charge in [0.25, 0.3) is 0 Å². The summed E-state index contributed by atoms with van der Waals surface area (Å²) in [7, 11) is 0. The topological polar surface area (TPSA) is 37.3 Å². The fourth-order valence-corrected chi connectivity index (χ4v) is 1.13. The number of halogens is 5. The summed E-state index contributed by atoms with van der Waals surface area (Å²) in [5, 5.41) is 8.31. The van der Waals surface area contributed by atoms with E-state index < -0.39 is 23.6 Å². The van der Waals surface area contributed by atoms with E-state index in [4.69, 9.17) is 5.11 Å². The highest BCUT2D eigenvalue weighted by molar-refractivity contribution is 5.85. The largest absolute Gasteiger partial charge is 0.478 e. The molecule has 7 heteroatoms. The van der Waals surface area contributed by atoms with Crippen molar-refractivity contribution in [3.63, 3.8) is 0 Å². The highest BCUT2D eigenvalue weighted by Gasteiger charge is 2.58. The Balaban J connectivity index is 3.00. The highest BCUT2D eigenvalue weighted by atomic mass is 19.4. The van der Waals surface area contributed by atoms with Gasteiger partial charge in [-0.2, -0.15) is 22.0 Å². The van der Waals surface area contributed by atoms with Crippen LogP contribution in [0.3, 0.4) is 0 Å². The Hall–Kier alpha value is -1.92. The maximum absolute atomic E-state index is 12.9. The van der Waals surface area contributed by atoms with E-state index in [-0.39, 0.29) is 5.56 Å². The molecule has 0 unspecified atom stereocenters. The summed E-state index contributed by atoms with van der Waals surface area (Å²) < 4.78 is 61.8. The molecule has 0 saturated heterocycles. The second-order valence-electron chi connectivity index (χ2n) is 3.37. The van der Waals surface area contributed by atoms with Gasteiger partial charge in [-0.3, -0.25) is 0 Å². The second kappa shape index (κ2) is 4.75. The minimum absolute atomic E-state index is 0.208. The molecule has 1 N–H and O–H groups in total. The van der Waals surface area contributed by atoms with Crippen LogP contribution in [0, 0.1) is 0 Å². The number of aliphatic carboxylic acids is 1. The summed E-state index contributed by atoms with van der Waals surface area (Å²) in [6.07, 6.45) is -3.83. The number of alkyl halides is 5. The molecular formula is C11H7F5O2. The molecule has 0 atom stereocenters. The first kappa shape index (κ1) is 14.1. The van der Waals surface area contributed by atoms with Crippen molar-refractivity contribution in [2.45, 2.75) is 12.1 Å². The molecule has 2 nitrogen and oxygen atoms in total. The molecule has 1 aromatic rings. The van der Waals surface area contributed by atoms with Gasteiger partial charge < -0.3 is 5.11 Å². The molecule has 0 heterocycles. The Bertz CT molecular complexity index is 459. The molecule has 0 aromatic heterocycles. The van der Waals surface area contributed by atoms with Crippen LogP contribution in [0.1, 0.15) is 11.1 Å². The van der Waals surface area contributed by atoms with Gasteiger partial charge in [0.2, 0.25) is 0 Å². The third-order valence-electron chi connectivity index (χ3n) is 2.05. The van der Waals surface area contributed by atoms with E-state index >= 15 is 0 Å². The molecule has 0 radical (unpaired) electrons. The van der Waals surface area contributed by atoms with Gasteiger partial charge in [-0.15, -0.1) is 0 Å². The van der Waals surface area contributed by atoms with Crippen LogP contribution in [0.15, 0.2) is 30.3 Å². The molecule has 0 bridgehead atoms. The van der Waals surface area contributed by atoms with Gasteiger partial charge in [0, 0.05) is 11.6 Å². The average Bonchev–Trinajstić information content (AvgIpc) is 2.25. The molecule has 1 rings (SSSR count). The average molecular weight is 266 g/mol. The number of carbonyl (C=O) groups is 1. The highest BCUT2D eigenvalue weighted by Crippen LogP contribution is 2.43. The fourth-order valence-electron chi connectivity index (χ4n) is 1.13. The lowest BCUT2D eigenvalue weighted by atomic mass is 10.1. The zero-order chi connectivity index (χ0) is 14.0. The minimum Gasteiger partial charge on any atom is -0.478 e. The van der Waals surface area contributed by atoms with Gasteiger partial charge in [-0.25, -0.2) is 4.79 Å². The fraction of sp³-hybridized carbons (Fsp3) is 0.182. The third-order valence-corrected chi connectivity index (χ3v) is 2.05. The quantitative estimate of drug-likeness (QED) is 0.672. The molecule has 98 valence electrons. The second-order valence-corrected chi connectivity index (χ2v) is 3.37. The van der Waals surface area contributed by atoms with Crippen molar-refractivity contribution in [2.75, 3.05) is 0 Å². The summed E-state index contributed by atoms with van der Waals surface area (Å²) in [6.45, 7) is 0. The van der Waals surface area contributed by atoms with Crippen molar-refractivity contribution in [1.82, 2.24) is 0 Å². The monoisotopic (exact) mass is 266 g/mol. The third kappa shape index (κ3) is 3.06. The summed E-state index contributed by atoms with van der Waals surface area (Å²) >= 11 is 0. The van der Waals surface area contributed by atoms with Gasteiger partial charge in [0.1, 0.15) is 0 Å². The van der Waals surface area contributed by atoms with Crippen molar-refractivity contribution < 1.29 is 31.9 Å². The van der Waals surface area contributed by atoms with Gasteiger partial charge in [0.15, 0.2) is 0 Å². The first-order valence-corrected chi connectivity index (χ1v) is 4.60. The maximum atomic E-state index is 12.9. The van der Waals surface area contributed by atoms with Gasteiger partial charge in [-0.05, 0) is 11.6 Å². The van der Waals surface area contributed by atoms with Crippen LogP contribution in [0.25, 0.3) is 6.08 Å². The molecule has 0 aliphatic heterocycles. The number of carboxylic acids is 1. The number of rotatable bonds is 3. The van der Waals surface area contributed by atoms with E-state index in [2.05, 4.69) is 0 Å². The molecule has 0 aliphatic rings. The Kier molecular flexibility index (Phi) is 3.73. The standard InChI is InChI=1S/C11H7F5O2/c12-10(13,11(14,15)16)8-4-1-7(2-5-8)3-6-9(17)18/h1-6H,(H,17,18)/b6-3+. The smallest absolute Gasteiger partial charge is 0.458 e. The van der Waals surface area contributed by atoms with Crippen molar-refractivity contribution in [3.05, 3.63) is 41.5 Å². The number of benzene rings is 1.